The normalized spacial score (nSPS) is 18.7. The van der Waals surface area contributed by atoms with Gasteiger partial charge in [0.2, 0.25) is 0 Å². The molecule has 1 aliphatic carbocycles. The van der Waals surface area contributed by atoms with E-state index in [0.29, 0.717) is 13.0 Å². The van der Waals surface area contributed by atoms with Crippen LogP contribution in [0.4, 0.5) is 4.79 Å². The minimum Gasteiger partial charge on any atom is -0.480 e. The zero-order valence-electron chi connectivity index (χ0n) is 10.1. The topological polar surface area (TPSA) is 69.6 Å². The van der Waals surface area contributed by atoms with Crippen molar-refractivity contribution in [3.63, 3.8) is 0 Å². The molecule has 0 aromatic heterocycles. The maximum atomic E-state index is 11.7. The Hall–Kier alpha value is -1.26. The fourth-order valence-corrected chi connectivity index (χ4v) is 1.56. The highest BCUT2D eigenvalue weighted by Crippen LogP contribution is 2.44. The Bertz CT molecular complexity index is 287. The van der Waals surface area contributed by atoms with Gasteiger partial charge < -0.3 is 15.3 Å². The maximum Gasteiger partial charge on any atom is 0.326 e. The Morgan fingerprint density at radius 3 is 2.44 bits per heavy atom. The number of carboxylic acids is 1. The summed E-state index contributed by atoms with van der Waals surface area (Å²) in [6, 6.07) is -1.05. The van der Waals surface area contributed by atoms with Crippen molar-refractivity contribution >= 4 is 12.0 Å². The van der Waals surface area contributed by atoms with Crippen LogP contribution in [-0.4, -0.2) is 41.6 Å². The Balaban J connectivity index is 2.42. The van der Waals surface area contributed by atoms with E-state index in [1.54, 1.807) is 6.92 Å². The predicted molar refractivity (Wildman–Crippen MR) is 60.2 cm³/mol. The number of carboxylic acid groups (broad SMARTS) is 1. The van der Waals surface area contributed by atoms with E-state index < -0.39 is 12.0 Å². The third-order valence-corrected chi connectivity index (χ3v) is 3.23. The number of carbonyl (C=O) groups is 2. The Morgan fingerprint density at radius 2 is 2.06 bits per heavy atom. The number of nitrogens with one attached hydrogen (secondary N) is 1. The number of carbonyl (C=O) groups excluding carboxylic acids is 1. The average Bonchev–Trinajstić information content (AvgIpc) is 2.94. The molecule has 1 aliphatic rings. The molecule has 92 valence electrons. The van der Waals surface area contributed by atoms with Crippen LogP contribution in [0.5, 0.6) is 0 Å². The molecule has 2 amide bonds. The second kappa shape index (κ2) is 4.72. The smallest absolute Gasteiger partial charge is 0.326 e. The highest BCUT2D eigenvalue weighted by atomic mass is 16.4. The van der Waals surface area contributed by atoms with Crippen LogP contribution in [0.25, 0.3) is 0 Å². The minimum atomic E-state index is -0.960. The van der Waals surface area contributed by atoms with Gasteiger partial charge in [-0.3, -0.25) is 0 Å². The monoisotopic (exact) mass is 228 g/mol. The van der Waals surface area contributed by atoms with E-state index in [4.69, 9.17) is 5.11 Å². The number of hydrogen-bond donors (Lipinski definition) is 2. The van der Waals surface area contributed by atoms with E-state index in [1.807, 2.05) is 0 Å². The molecule has 0 aromatic carbocycles. The lowest BCUT2D eigenvalue weighted by Gasteiger charge is -2.24. The number of nitrogens with zero attached hydrogens (tertiary/aromatic N) is 1. The number of likely N-dealkylation sites (N-methyl/N-ethyl adjacent to an activating group) is 1. The standard InChI is InChI=1S/C11H20N2O3/c1-4-8(9(14)15)13(3)10(16)12-7-11(2)5-6-11/h8H,4-7H2,1-3H3,(H,12,16)(H,14,15). The number of rotatable bonds is 5. The van der Waals surface area contributed by atoms with Crippen LogP contribution in [0.3, 0.4) is 0 Å². The molecule has 1 fully saturated rings. The van der Waals surface area contributed by atoms with E-state index in [2.05, 4.69) is 12.2 Å². The first kappa shape index (κ1) is 12.8. The zero-order chi connectivity index (χ0) is 12.3. The van der Waals surface area contributed by atoms with Gasteiger partial charge in [-0.05, 0) is 24.7 Å². The van der Waals surface area contributed by atoms with Gasteiger partial charge in [0.05, 0.1) is 0 Å². The summed E-state index contributed by atoms with van der Waals surface area (Å²) in [7, 11) is 1.52. The molecule has 0 saturated heterocycles. The lowest BCUT2D eigenvalue weighted by molar-refractivity contribution is -0.141. The van der Waals surface area contributed by atoms with Gasteiger partial charge in [0.15, 0.2) is 0 Å². The van der Waals surface area contributed by atoms with Crippen LogP contribution in [0.1, 0.15) is 33.1 Å². The van der Waals surface area contributed by atoms with Crippen LogP contribution >= 0.6 is 0 Å². The summed E-state index contributed by atoms with van der Waals surface area (Å²) in [6.45, 7) is 4.50. The van der Waals surface area contributed by atoms with Gasteiger partial charge in [-0.2, -0.15) is 0 Å². The van der Waals surface area contributed by atoms with Crippen LogP contribution in [0.15, 0.2) is 0 Å². The second-order valence-electron chi connectivity index (χ2n) is 4.84. The van der Waals surface area contributed by atoms with Crippen molar-refractivity contribution in [2.45, 2.75) is 39.2 Å². The molecule has 0 bridgehead atoms. The van der Waals surface area contributed by atoms with Crippen molar-refractivity contribution < 1.29 is 14.7 Å². The summed E-state index contributed by atoms with van der Waals surface area (Å²) in [5, 5.41) is 11.7. The second-order valence-corrected chi connectivity index (χ2v) is 4.84. The van der Waals surface area contributed by atoms with Crippen LogP contribution in [0.2, 0.25) is 0 Å². The van der Waals surface area contributed by atoms with E-state index in [0.717, 1.165) is 12.8 Å². The van der Waals surface area contributed by atoms with E-state index >= 15 is 0 Å². The van der Waals surface area contributed by atoms with Gasteiger partial charge in [0.25, 0.3) is 0 Å². The molecule has 1 unspecified atom stereocenters. The van der Waals surface area contributed by atoms with Gasteiger partial charge in [-0.15, -0.1) is 0 Å². The first-order valence-electron chi connectivity index (χ1n) is 5.63. The Morgan fingerprint density at radius 1 is 1.50 bits per heavy atom. The van der Waals surface area contributed by atoms with Crippen molar-refractivity contribution in [3.05, 3.63) is 0 Å². The molecule has 0 spiro atoms. The lowest BCUT2D eigenvalue weighted by atomic mass is 10.1. The SMILES string of the molecule is CCC(C(=O)O)N(C)C(=O)NCC1(C)CC1. The fraction of sp³-hybridized carbons (Fsp3) is 0.818. The number of aliphatic carboxylic acids is 1. The molecule has 0 aromatic rings. The molecular weight excluding hydrogens is 208 g/mol. The van der Waals surface area contributed by atoms with Gasteiger partial charge >= 0.3 is 12.0 Å². The average molecular weight is 228 g/mol. The molecule has 5 nitrogen and oxygen atoms in total. The predicted octanol–water partition coefficient (Wildman–Crippen LogP) is 1.29. The van der Waals surface area contributed by atoms with Crippen LogP contribution in [0, 0.1) is 5.41 Å². The van der Waals surface area contributed by atoms with Crippen LogP contribution < -0.4 is 5.32 Å². The third-order valence-electron chi connectivity index (χ3n) is 3.23. The van der Waals surface area contributed by atoms with Crippen molar-refractivity contribution in [1.29, 1.82) is 0 Å². The third kappa shape index (κ3) is 3.12. The molecule has 1 atom stereocenters. The van der Waals surface area contributed by atoms with Gasteiger partial charge in [-0.25, -0.2) is 9.59 Å². The molecule has 16 heavy (non-hydrogen) atoms. The lowest BCUT2D eigenvalue weighted by Crippen LogP contribution is -2.47. The summed E-state index contributed by atoms with van der Waals surface area (Å²) in [6.07, 6.45) is 2.68. The van der Waals surface area contributed by atoms with Crippen molar-refractivity contribution in [1.82, 2.24) is 10.2 Å². The van der Waals surface area contributed by atoms with E-state index in [-0.39, 0.29) is 11.4 Å². The number of urea groups is 1. The molecule has 0 radical (unpaired) electrons. The Kier molecular flexibility index (Phi) is 3.78. The molecule has 1 saturated carbocycles. The fourth-order valence-electron chi connectivity index (χ4n) is 1.56. The van der Waals surface area contributed by atoms with Gasteiger partial charge in [-0.1, -0.05) is 13.8 Å². The summed E-state index contributed by atoms with van der Waals surface area (Å²) in [4.78, 5) is 23.8. The number of hydrogen-bond acceptors (Lipinski definition) is 2. The van der Waals surface area contributed by atoms with E-state index in [9.17, 15) is 9.59 Å². The molecule has 0 heterocycles. The number of amides is 2. The first-order valence-corrected chi connectivity index (χ1v) is 5.63. The zero-order valence-corrected chi connectivity index (χ0v) is 10.1. The largest absolute Gasteiger partial charge is 0.480 e. The molecule has 0 aliphatic heterocycles. The van der Waals surface area contributed by atoms with Crippen LogP contribution in [-0.2, 0) is 4.79 Å². The highest BCUT2D eigenvalue weighted by molar-refractivity contribution is 5.82. The molecule has 2 N–H and O–H groups in total. The van der Waals surface area contributed by atoms with E-state index in [1.165, 1.54) is 11.9 Å². The van der Waals surface area contributed by atoms with Crippen molar-refractivity contribution in [2.24, 2.45) is 5.41 Å². The minimum absolute atomic E-state index is 0.238. The quantitative estimate of drug-likeness (QED) is 0.745. The highest BCUT2D eigenvalue weighted by Gasteiger charge is 2.37. The summed E-state index contributed by atoms with van der Waals surface area (Å²) < 4.78 is 0. The molecule has 1 rings (SSSR count). The molecular formula is C11H20N2O3. The summed E-state index contributed by atoms with van der Waals surface area (Å²) in [5.41, 5.74) is 0.238. The Labute approximate surface area is 95.8 Å². The maximum absolute atomic E-state index is 11.7. The van der Waals surface area contributed by atoms with Gasteiger partial charge in [0, 0.05) is 13.6 Å². The van der Waals surface area contributed by atoms with Crippen molar-refractivity contribution in [3.8, 4) is 0 Å². The van der Waals surface area contributed by atoms with Gasteiger partial charge in [0.1, 0.15) is 6.04 Å². The van der Waals surface area contributed by atoms with Crippen molar-refractivity contribution in [2.75, 3.05) is 13.6 Å². The molecule has 5 heteroatoms. The summed E-state index contributed by atoms with van der Waals surface area (Å²) in [5.74, 6) is -0.960. The first-order chi connectivity index (χ1) is 7.39. The summed E-state index contributed by atoms with van der Waals surface area (Å²) >= 11 is 0.